The van der Waals surface area contributed by atoms with E-state index in [1.165, 1.54) is 143 Å². The van der Waals surface area contributed by atoms with E-state index in [9.17, 15) is 0 Å². The first-order valence-electron chi connectivity index (χ1n) is 21.6. The van der Waals surface area contributed by atoms with Gasteiger partial charge in [0.15, 0.2) is 0 Å². The van der Waals surface area contributed by atoms with E-state index in [1.807, 2.05) is 0 Å². The van der Waals surface area contributed by atoms with Gasteiger partial charge in [-0.3, -0.25) is 0 Å². The maximum atomic E-state index is 2.61. The van der Waals surface area contributed by atoms with Crippen LogP contribution < -0.4 is 0 Å². The van der Waals surface area contributed by atoms with E-state index in [-0.39, 0.29) is 0 Å². The topological polar surface area (TPSA) is 0 Å². The molecular formula is C61H38. The van der Waals surface area contributed by atoms with Crippen LogP contribution in [0.25, 0.3) is 110 Å². The smallest absolute Gasteiger partial charge is 0.0619 e. The lowest BCUT2D eigenvalue weighted by Gasteiger charge is -2.30. The molecule has 0 saturated carbocycles. The molecule has 11 aromatic carbocycles. The lowest BCUT2D eigenvalue weighted by molar-refractivity contribution is 0.795. The molecule has 0 aliphatic heterocycles. The van der Waals surface area contributed by atoms with Gasteiger partial charge < -0.3 is 0 Å². The highest BCUT2D eigenvalue weighted by Gasteiger charge is 2.52. The fraction of sp³-hybridized carbons (Fsp3) is 0.0492. The molecule has 0 heterocycles. The Morgan fingerprint density at radius 2 is 0.836 bits per heavy atom. The Kier molecular flexibility index (Phi) is 6.45. The predicted molar refractivity (Wildman–Crippen MR) is 258 cm³/mol. The van der Waals surface area contributed by atoms with Crippen LogP contribution in [0.4, 0.5) is 0 Å². The largest absolute Gasteiger partial charge is 0.0725 e. The van der Waals surface area contributed by atoms with Crippen molar-refractivity contribution in [1.29, 1.82) is 0 Å². The van der Waals surface area contributed by atoms with Gasteiger partial charge in [-0.1, -0.05) is 170 Å². The van der Waals surface area contributed by atoms with E-state index >= 15 is 0 Å². The quantitative estimate of drug-likeness (QED) is 0.154. The maximum Gasteiger partial charge on any atom is 0.0725 e. The van der Waals surface area contributed by atoms with Crippen LogP contribution in [0.1, 0.15) is 33.4 Å². The Morgan fingerprint density at radius 1 is 0.279 bits per heavy atom. The van der Waals surface area contributed by atoms with Crippen molar-refractivity contribution in [1.82, 2.24) is 0 Å². The average molecular weight is 771 g/mol. The van der Waals surface area contributed by atoms with E-state index < -0.39 is 5.41 Å². The van der Waals surface area contributed by atoms with Crippen LogP contribution in [0.2, 0.25) is 0 Å². The average Bonchev–Trinajstić information content (AvgIpc) is 3.91. The lowest BCUT2D eigenvalue weighted by atomic mass is 9.70. The van der Waals surface area contributed by atoms with Crippen molar-refractivity contribution in [3.05, 3.63) is 228 Å². The molecule has 1 spiro atoms. The molecule has 0 bridgehead atoms. The van der Waals surface area contributed by atoms with Gasteiger partial charge in [0, 0.05) is 0 Å². The number of fused-ring (bicyclic) bond motifs is 18. The summed E-state index contributed by atoms with van der Waals surface area (Å²) >= 11 is 0. The monoisotopic (exact) mass is 770 g/mol. The third-order valence-electron chi connectivity index (χ3n) is 14.6. The number of aryl methyl sites for hydroxylation is 2. The van der Waals surface area contributed by atoms with Crippen molar-refractivity contribution in [3.8, 4) is 66.8 Å². The molecular weight excluding hydrogens is 733 g/mol. The summed E-state index contributed by atoms with van der Waals surface area (Å²) in [5.74, 6) is 0. The molecule has 11 aromatic rings. The van der Waals surface area contributed by atoms with Gasteiger partial charge in [0.25, 0.3) is 0 Å². The summed E-state index contributed by atoms with van der Waals surface area (Å²) in [6.45, 7) is 4.59. The summed E-state index contributed by atoms with van der Waals surface area (Å²) in [6.07, 6.45) is 0. The molecule has 61 heavy (non-hydrogen) atoms. The molecule has 3 aliphatic carbocycles. The molecule has 0 N–H and O–H groups in total. The van der Waals surface area contributed by atoms with Crippen LogP contribution >= 0.6 is 0 Å². The summed E-state index contributed by atoms with van der Waals surface area (Å²) < 4.78 is 0. The highest BCUT2D eigenvalue weighted by Crippen LogP contribution is 2.66. The van der Waals surface area contributed by atoms with Crippen molar-refractivity contribution >= 4 is 43.1 Å². The molecule has 0 nitrogen and oxygen atoms in total. The van der Waals surface area contributed by atoms with E-state index in [0.29, 0.717) is 0 Å². The molecule has 0 unspecified atom stereocenters. The Morgan fingerprint density at radius 3 is 1.59 bits per heavy atom. The van der Waals surface area contributed by atoms with Gasteiger partial charge in [0.05, 0.1) is 5.41 Å². The van der Waals surface area contributed by atoms with Gasteiger partial charge in [-0.2, -0.15) is 0 Å². The molecule has 0 amide bonds. The van der Waals surface area contributed by atoms with Gasteiger partial charge in [-0.15, -0.1) is 0 Å². The zero-order valence-electron chi connectivity index (χ0n) is 34.0. The van der Waals surface area contributed by atoms with Gasteiger partial charge >= 0.3 is 0 Å². The highest BCUT2D eigenvalue weighted by atomic mass is 14.5. The van der Waals surface area contributed by atoms with Crippen molar-refractivity contribution in [2.45, 2.75) is 19.3 Å². The molecule has 0 fully saturated rings. The Hall–Kier alpha value is -7.54. The van der Waals surface area contributed by atoms with Crippen molar-refractivity contribution in [2.75, 3.05) is 0 Å². The third kappa shape index (κ3) is 4.10. The zero-order chi connectivity index (χ0) is 40.1. The van der Waals surface area contributed by atoms with Crippen molar-refractivity contribution in [3.63, 3.8) is 0 Å². The second kappa shape index (κ2) is 11.8. The minimum absolute atomic E-state index is 0.410. The normalized spacial score (nSPS) is 13.5. The Balaban J connectivity index is 1.11. The molecule has 0 aromatic heterocycles. The minimum atomic E-state index is -0.410. The molecule has 0 saturated heterocycles. The van der Waals surface area contributed by atoms with E-state index in [4.69, 9.17) is 0 Å². The highest BCUT2D eigenvalue weighted by molar-refractivity contribution is 6.26. The van der Waals surface area contributed by atoms with Crippen LogP contribution in [0, 0.1) is 13.8 Å². The second-order valence-corrected chi connectivity index (χ2v) is 17.5. The maximum absolute atomic E-state index is 2.61. The third-order valence-corrected chi connectivity index (χ3v) is 14.6. The fourth-order valence-electron chi connectivity index (χ4n) is 12.3. The first-order valence-corrected chi connectivity index (χ1v) is 21.6. The van der Waals surface area contributed by atoms with Crippen LogP contribution in [0.3, 0.4) is 0 Å². The van der Waals surface area contributed by atoms with Crippen molar-refractivity contribution < 1.29 is 0 Å². The van der Waals surface area contributed by atoms with Crippen LogP contribution in [-0.2, 0) is 5.41 Å². The van der Waals surface area contributed by atoms with E-state index in [0.717, 1.165) is 0 Å². The number of hydrogen-bond donors (Lipinski definition) is 0. The van der Waals surface area contributed by atoms with Gasteiger partial charge in [-0.25, -0.2) is 0 Å². The summed E-state index contributed by atoms with van der Waals surface area (Å²) in [5.41, 5.74) is 23.7. The van der Waals surface area contributed by atoms with Gasteiger partial charge in [0.2, 0.25) is 0 Å². The molecule has 14 rings (SSSR count). The Labute approximate surface area is 355 Å². The molecule has 0 heteroatoms. The predicted octanol–water partition coefficient (Wildman–Crippen LogP) is 16.2. The van der Waals surface area contributed by atoms with Gasteiger partial charge in [-0.05, 0) is 181 Å². The molecule has 0 radical (unpaired) electrons. The molecule has 3 aliphatic rings. The number of rotatable bonds is 2. The van der Waals surface area contributed by atoms with Crippen LogP contribution in [0.15, 0.2) is 194 Å². The number of hydrogen-bond acceptors (Lipinski definition) is 0. The summed E-state index contributed by atoms with van der Waals surface area (Å²) in [4.78, 5) is 0. The summed E-state index contributed by atoms with van der Waals surface area (Å²) in [5, 5.41) is 10.4. The Bertz CT molecular complexity index is 3720. The van der Waals surface area contributed by atoms with Crippen molar-refractivity contribution in [2.24, 2.45) is 0 Å². The van der Waals surface area contributed by atoms with E-state index in [1.54, 1.807) is 0 Å². The zero-order valence-corrected chi connectivity index (χ0v) is 34.0. The first kappa shape index (κ1) is 33.3. The van der Waals surface area contributed by atoms with E-state index in [2.05, 4.69) is 208 Å². The lowest BCUT2D eigenvalue weighted by Crippen LogP contribution is -2.25. The fourth-order valence-corrected chi connectivity index (χ4v) is 12.3. The summed E-state index contributed by atoms with van der Waals surface area (Å²) in [7, 11) is 0. The van der Waals surface area contributed by atoms with Gasteiger partial charge in [0.1, 0.15) is 0 Å². The number of benzene rings is 11. The molecule has 282 valence electrons. The van der Waals surface area contributed by atoms with Crippen LogP contribution in [-0.4, -0.2) is 0 Å². The first-order chi connectivity index (χ1) is 30.1. The second-order valence-electron chi connectivity index (χ2n) is 17.5. The standard InChI is InChI=1S/C61H38/c1-35-15-13-16-36(2)56(35)60-49-32-38(48-31-37-17-3-4-18-40(37)41-19-5-6-20-42(41)48)29-30-39(49)33-50-51-34-55-58(46-24-14-25-47(57(46)51)59(50)60)45-23-9-12-28-54(45)61(55)52-26-10-7-21-43(52)44-22-8-11-27-53(44)61/h3-34H,1-2H3. The molecule has 0 atom stereocenters. The SMILES string of the molecule is Cc1cccc(C)c1-c1c2c(cc3ccc(-c4cc5ccccc5c5ccccc45)cc13)-c1cc3c(c4cccc-2c14)-c1ccccc1C31c2ccccc2-c2ccccc21. The van der Waals surface area contributed by atoms with Crippen LogP contribution in [0.5, 0.6) is 0 Å². The summed E-state index contributed by atoms with van der Waals surface area (Å²) in [6, 6.07) is 73.9. The minimum Gasteiger partial charge on any atom is -0.0619 e.